The number of rotatable bonds is 5. The fourth-order valence-corrected chi connectivity index (χ4v) is 2.89. The van der Waals surface area contributed by atoms with Gasteiger partial charge in [-0.15, -0.1) is 0 Å². The van der Waals surface area contributed by atoms with Gasteiger partial charge in [0.2, 0.25) is 0 Å². The molecule has 1 atom stereocenters. The van der Waals surface area contributed by atoms with E-state index in [4.69, 9.17) is 4.74 Å². The van der Waals surface area contributed by atoms with Crippen LogP contribution in [0, 0.1) is 0 Å². The molecule has 0 aliphatic rings. The summed E-state index contributed by atoms with van der Waals surface area (Å²) >= 11 is 0. The zero-order chi connectivity index (χ0) is 16.9. The molecule has 1 amide bonds. The van der Waals surface area contributed by atoms with Crippen LogP contribution in [-0.2, 0) is 0 Å². The van der Waals surface area contributed by atoms with Gasteiger partial charge in [0.05, 0.1) is 7.11 Å². The highest BCUT2D eigenvalue weighted by Gasteiger charge is 2.14. The van der Waals surface area contributed by atoms with Gasteiger partial charge < -0.3 is 10.1 Å². The average Bonchev–Trinajstić information content (AvgIpc) is 2.65. The number of benzene rings is 3. The van der Waals surface area contributed by atoms with E-state index in [0.29, 0.717) is 12.1 Å². The van der Waals surface area contributed by atoms with Gasteiger partial charge >= 0.3 is 0 Å². The predicted molar refractivity (Wildman–Crippen MR) is 97.7 cm³/mol. The largest absolute Gasteiger partial charge is 0.496 e. The van der Waals surface area contributed by atoms with Crippen molar-refractivity contribution in [1.82, 2.24) is 5.32 Å². The maximum Gasteiger partial charge on any atom is 0.251 e. The Bertz CT molecular complexity index is 843. The highest BCUT2D eigenvalue weighted by atomic mass is 16.5. The summed E-state index contributed by atoms with van der Waals surface area (Å²) in [6.45, 7) is 2.71. The molecule has 0 fully saturated rings. The van der Waals surface area contributed by atoms with E-state index in [1.54, 1.807) is 7.11 Å². The van der Waals surface area contributed by atoms with Gasteiger partial charge in [-0.1, -0.05) is 61.5 Å². The Hall–Kier alpha value is -2.81. The fraction of sp³-hybridized carbons (Fsp3) is 0.190. The van der Waals surface area contributed by atoms with Crippen molar-refractivity contribution >= 4 is 16.7 Å². The van der Waals surface area contributed by atoms with E-state index in [1.165, 1.54) is 5.56 Å². The lowest BCUT2D eigenvalue weighted by atomic mass is 10.0. The van der Waals surface area contributed by atoms with E-state index < -0.39 is 0 Å². The molecule has 0 saturated heterocycles. The Labute approximate surface area is 142 Å². The van der Waals surface area contributed by atoms with Crippen LogP contribution in [0.25, 0.3) is 10.8 Å². The topological polar surface area (TPSA) is 38.3 Å². The van der Waals surface area contributed by atoms with E-state index in [1.807, 2.05) is 54.6 Å². The molecule has 0 aliphatic heterocycles. The standard InChI is InChI=1S/C21H21NO2/c1-15(16-8-4-3-5-9-16)14-22-21(23)19-12-13-20(24-2)18-11-7-6-10-17(18)19/h3-13,15H,14H2,1-2H3,(H,22,23)/t15-/m1/s1. The predicted octanol–water partition coefficient (Wildman–Crippen LogP) is 4.38. The Balaban J connectivity index is 1.80. The second kappa shape index (κ2) is 7.18. The molecule has 3 nitrogen and oxygen atoms in total. The lowest BCUT2D eigenvalue weighted by molar-refractivity contribution is 0.0953. The van der Waals surface area contributed by atoms with Crippen molar-refractivity contribution < 1.29 is 9.53 Å². The third-order valence-corrected chi connectivity index (χ3v) is 4.29. The molecule has 3 heteroatoms. The van der Waals surface area contributed by atoms with Crippen molar-refractivity contribution in [2.75, 3.05) is 13.7 Å². The quantitative estimate of drug-likeness (QED) is 0.758. The van der Waals surface area contributed by atoms with Gasteiger partial charge in [-0.3, -0.25) is 4.79 Å². The molecule has 3 aromatic rings. The molecule has 0 saturated carbocycles. The van der Waals surface area contributed by atoms with Crippen LogP contribution in [0.5, 0.6) is 5.75 Å². The van der Waals surface area contributed by atoms with Gasteiger partial charge in [-0.2, -0.15) is 0 Å². The SMILES string of the molecule is COc1ccc(C(=O)NC[C@@H](C)c2ccccc2)c2ccccc12. The van der Waals surface area contributed by atoms with Crippen molar-refractivity contribution in [2.24, 2.45) is 0 Å². The Morgan fingerprint density at radius 1 is 0.958 bits per heavy atom. The highest BCUT2D eigenvalue weighted by Crippen LogP contribution is 2.28. The van der Waals surface area contributed by atoms with Crippen LogP contribution in [0.3, 0.4) is 0 Å². The average molecular weight is 319 g/mol. The molecule has 0 spiro atoms. The summed E-state index contributed by atoms with van der Waals surface area (Å²) in [6.07, 6.45) is 0. The summed E-state index contributed by atoms with van der Waals surface area (Å²) in [5.41, 5.74) is 1.89. The molecular formula is C21H21NO2. The molecule has 0 heterocycles. The first-order valence-electron chi connectivity index (χ1n) is 8.09. The van der Waals surface area contributed by atoms with Crippen LogP contribution in [0.1, 0.15) is 28.8 Å². The molecule has 3 rings (SSSR count). The van der Waals surface area contributed by atoms with E-state index in [2.05, 4.69) is 24.4 Å². The summed E-state index contributed by atoms with van der Waals surface area (Å²) < 4.78 is 5.39. The Kier molecular flexibility index (Phi) is 4.80. The van der Waals surface area contributed by atoms with Crippen molar-refractivity contribution in [2.45, 2.75) is 12.8 Å². The summed E-state index contributed by atoms with van der Waals surface area (Å²) in [7, 11) is 1.64. The monoisotopic (exact) mass is 319 g/mol. The van der Waals surface area contributed by atoms with E-state index in [-0.39, 0.29) is 11.8 Å². The molecule has 122 valence electrons. The Morgan fingerprint density at radius 3 is 2.33 bits per heavy atom. The molecule has 24 heavy (non-hydrogen) atoms. The molecule has 0 bridgehead atoms. The fourth-order valence-electron chi connectivity index (χ4n) is 2.89. The van der Waals surface area contributed by atoms with Crippen LogP contribution < -0.4 is 10.1 Å². The first-order chi connectivity index (χ1) is 11.7. The minimum atomic E-state index is -0.0587. The molecule has 0 unspecified atom stereocenters. The summed E-state index contributed by atoms with van der Waals surface area (Å²) in [4.78, 5) is 12.6. The molecule has 0 aliphatic carbocycles. The van der Waals surface area contributed by atoms with Crippen molar-refractivity contribution in [1.29, 1.82) is 0 Å². The van der Waals surface area contributed by atoms with Gasteiger partial charge in [0.15, 0.2) is 0 Å². The molecule has 0 aromatic heterocycles. The number of fused-ring (bicyclic) bond motifs is 1. The Morgan fingerprint density at radius 2 is 1.62 bits per heavy atom. The summed E-state index contributed by atoms with van der Waals surface area (Å²) in [5, 5.41) is 4.90. The van der Waals surface area contributed by atoms with Gasteiger partial charge in [0, 0.05) is 17.5 Å². The van der Waals surface area contributed by atoms with Crippen molar-refractivity contribution in [3.05, 3.63) is 77.9 Å². The molecule has 0 radical (unpaired) electrons. The van der Waals surface area contributed by atoms with Crippen LogP contribution in [0.4, 0.5) is 0 Å². The van der Waals surface area contributed by atoms with Gasteiger partial charge in [-0.05, 0) is 29.0 Å². The highest BCUT2D eigenvalue weighted by molar-refractivity contribution is 6.08. The second-order valence-corrected chi connectivity index (χ2v) is 5.88. The van der Waals surface area contributed by atoms with Crippen LogP contribution in [0.2, 0.25) is 0 Å². The van der Waals surface area contributed by atoms with Crippen LogP contribution in [0.15, 0.2) is 66.7 Å². The third kappa shape index (κ3) is 3.25. The number of carbonyl (C=O) groups excluding carboxylic acids is 1. The molecule has 3 aromatic carbocycles. The van der Waals surface area contributed by atoms with E-state index >= 15 is 0 Å². The number of methoxy groups -OCH3 is 1. The lowest BCUT2D eigenvalue weighted by Gasteiger charge is -2.14. The smallest absolute Gasteiger partial charge is 0.251 e. The van der Waals surface area contributed by atoms with Gasteiger partial charge in [0.1, 0.15) is 5.75 Å². The number of hydrogen-bond donors (Lipinski definition) is 1. The molecule has 1 N–H and O–H groups in total. The first kappa shape index (κ1) is 16.1. The van der Waals surface area contributed by atoms with Crippen molar-refractivity contribution in [3.8, 4) is 5.75 Å². The number of ether oxygens (including phenoxy) is 1. The first-order valence-corrected chi connectivity index (χ1v) is 8.09. The van der Waals surface area contributed by atoms with Gasteiger partial charge in [0.25, 0.3) is 5.91 Å². The maximum atomic E-state index is 12.6. The molecular weight excluding hydrogens is 298 g/mol. The number of nitrogens with one attached hydrogen (secondary N) is 1. The summed E-state index contributed by atoms with van der Waals surface area (Å²) in [5.74, 6) is 0.983. The van der Waals surface area contributed by atoms with Crippen molar-refractivity contribution in [3.63, 3.8) is 0 Å². The zero-order valence-corrected chi connectivity index (χ0v) is 14.0. The lowest BCUT2D eigenvalue weighted by Crippen LogP contribution is -2.27. The normalized spacial score (nSPS) is 11.9. The van der Waals surface area contributed by atoms with Crippen LogP contribution >= 0.6 is 0 Å². The minimum Gasteiger partial charge on any atom is -0.496 e. The second-order valence-electron chi connectivity index (χ2n) is 5.88. The van der Waals surface area contributed by atoms with Gasteiger partial charge in [-0.25, -0.2) is 0 Å². The number of carbonyl (C=O) groups is 1. The third-order valence-electron chi connectivity index (χ3n) is 4.29. The summed E-state index contributed by atoms with van der Waals surface area (Å²) in [6, 6.07) is 21.7. The number of hydrogen-bond acceptors (Lipinski definition) is 2. The van der Waals surface area contributed by atoms with Crippen LogP contribution in [-0.4, -0.2) is 19.6 Å². The number of amides is 1. The maximum absolute atomic E-state index is 12.6. The van der Waals surface area contributed by atoms with E-state index in [9.17, 15) is 4.79 Å². The van der Waals surface area contributed by atoms with E-state index in [0.717, 1.165) is 16.5 Å². The minimum absolute atomic E-state index is 0.0587. The zero-order valence-electron chi connectivity index (χ0n) is 14.0.